The van der Waals surface area contributed by atoms with Gasteiger partial charge in [-0.15, -0.1) is 13.2 Å². The minimum Gasteiger partial charge on any atom is -0.341 e. The number of nitro benzene ring substituents is 1. The Hall–Kier alpha value is -2.96. The summed E-state index contributed by atoms with van der Waals surface area (Å²) in [6.45, 7) is 9.44. The highest BCUT2D eigenvalue weighted by molar-refractivity contribution is 5.97. The second-order valence-electron chi connectivity index (χ2n) is 4.82. The zero-order valence-corrected chi connectivity index (χ0v) is 12.9. The number of nitro groups is 1. The molecule has 0 aliphatic heterocycles. The Kier molecular flexibility index (Phi) is 6.67. The Morgan fingerprint density at radius 2 is 1.78 bits per heavy atom. The smallest absolute Gasteiger partial charge is 0.269 e. The van der Waals surface area contributed by atoms with Crippen LogP contribution in [0.2, 0.25) is 0 Å². The van der Waals surface area contributed by atoms with Crippen molar-refractivity contribution in [2.45, 2.75) is 13.0 Å². The Morgan fingerprint density at radius 3 is 2.22 bits per heavy atom. The molecule has 0 fully saturated rings. The van der Waals surface area contributed by atoms with E-state index in [1.165, 1.54) is 29.2 Å². The fourth-order valence-electron chi connectivity index (χ4n) is 1.92. The number of nitrogens with zero attached hydrogens (tertiary/aromatic N) is 2. The minimum absolute atomic E-state index is 0.103. The van der Waals surface area contributed by atoms with Gasteiger partial charge in [0, 0.05) is 30.8 Å². The van der Waals surface area contributed by atoms with E-state index in [1.807, 2.05) is 0 Å². The van der Waals surface area contributed by atoms with Crippen LogP contribution in [0.25, 0.3) is 0 Å². The molecule has 0 bridgehead atoms. The number of hydrogen-bond donors (Lipinski definition) is 1. The molecule has 0 aliphatic carbocycles. The molecule has 1 aromatic carbocycles. The average molecular weight is 317 g/mol. The minimum atomic E-state index is -0.738. The number of nitrogens with one attached hydrogen (secondary N) is 1. The molecule has 122 valence electrons. The van der Waals surface area contributed by atoms with Crippen molar-refractivity contribution >= 4 is 17.5 Å². The van der Waals surface area contributed by atoms with E-state index in [-0.39, 0.29) is 17.2 Å². The lowest BCUT2D eigenvalue weighted by atomic mass is 10.1. The summed E-state index contributed by atoms with van der Waals surface area (Å²) in [4.78, 5) is 35.9. The largest absolute Gasteiger partial charge is 0.341 e. The van der Waals surface area contributed by atoms with Crippen LogP contribution in [-0.4, -0.2) is 40.8 Å². The van der Waals surface area contributed by atoms with Gasteiger partial charge in [-0.2, -0.15) is 0 Å². The van der Waals surface area contributed by atoms with Crippen LogP contribution in [0.15, 0.2) is 49.6 Å². The van der Waals surface area contributed by atoms with Crippen LogP contribution < -0.4 is 5.32 Å². The topological polar surface area (TPSA) is 92.6 Å². The van der Waals surface area contributed by atoms with Gasteiger partial charge < -0.3 is 10.2 Å². The molecule has 1 aromatic rings. The zero-order chi connectivity index (χ0) is 17.4. The van der Waals surface area contributed by atoms with Crippen LogP contribution in [0.3, 0.4) is 0 Å². The third kappa shape index (κ3) is 5.06. The van der Waals surface area contributed by atoms with Crippen LogP contribution in [0.1, 0.15) is 17.3 Å². The van der Waals surface area contributed by atoms with Crippen molar-refractivity contribution in [3.63, 3.8) is 0 Å². The maximum absolute atomic E-state index is 12.3. The molecule has 0 aromatic heterocycles. The number of rotatable bonds is 8. The molecule has 7 heteroatoms. The number of carbonyl (C=O) groups is 2. The van der Waals surface area contributed by atoms with Crippen LogP contribution in [0.5, 0.6) is 0 Å². The number of benzene rings is 1. The lowest BCUT2D eigenvalue weighted by molar-refractivity contribution is -0.384. The van der Waals surface area contributed by atoms with E-state index in [0.29, 0.717) is 13.1 Å². The lowest BCUT2D eigenvalue weighted by Gasteiger charge is -2.23. The van der Waals surface area contributed by atoms with Crippen molar-refractivity contribution in [1.29, 1.82) is 0 Å². The lowest BCUT2D eigenvalue weighted by Crippen LogP contribution is -2.47. The van der Waals surface area contributed by atoms with Gasteiger partial charge in [-0.3, -0.25) is 19.7 Å². The summed E-state index contributed by atoms with van der Waals surface area (Å²) in [5, 5.41) is 13.2. The highest BCUT2D eigenvalue weighted by Crippen LogP contribution is 2.12. The maximum atomic E-state index is 12.3. The Labute approximate surface area is 134 Å². The van der Waals surface area contributed by atoms with E-state index in [0.717, 1.165) is 0 Å². The van der Waals surface area contributed by atoms with Gasteiger partial charge >= 0.3 is 0 Å². The van der Waals surface area contributed by atoms with Crippen LogP contribution in [0.4, 0.5) is 5.69 Å². The van der Waals surface area contributed by atoms with Gasteiger partial charge in [0.2, 0.25) is 5.91 Å². The normalized spacial score (nSPS) is 11.2. The summed E-state index contributed by atoms with van der Waals surface area (Å²) in [5.41, 5.74) is 0.142. The monoisotopic (exact) mass is 317 g/mol. The van der Waals surface area contributed by atoms with Gasteiger partial charge in [-0.05, 0) is 19.1 Å². The molecule has 7 nitrogen and oxygen atoms in total. The van der Waals surface area contributed by atoms with E-state index in [9.17, 15) is 19.7 Å². The summed E-state index contributed by atoms with van der Waals surface area (Å²) >= 11 is 0. The predicted octanol–water partition coefficient (Wildman–Crippen LogP) is 1.91. The van der Waals surface area contributed by atoms with Gasteiger partial charge in [-0.1, -0.05) is 12.2 Å². The Morgan fingerprint density at radius 1 is 1.26 bits per heavy atom. The molecule has 0 heterocycles. The standard InChI is InChI=1S/C16H19N3O4/c1-4-10-18(11-5-2)16(21)12(3)17-15(20)13-6-8-14(9-7-13)19(22)23/h4-9,12H,1-2,10-11H2,3H3,(H,17,20). The van der Waals surface area contributed by atoms with E-state index >= 15 is 0 Å². The number of hydrogen-bond acceptors (Lipinski definition) is 4. The molecular formula is C16H19N3O4. The van der Waals surface area contributed by atoms with Crippen LogP contribution in [-0.2, 0) is 4.79 Å². The van der Waals surface area contributed by atoms with Gasteiger partial charge in [0.15, 0.2) is 0 Å². The van der Waals surface area contributed by atoms with Crippen molar-refractivity contribution in [3.8, 4) is 0 Å². The molecule has 1 N–H and O–H groups in total. The molecule has 0 saturated carbocycles. The quantitative estimate of drug-likeness (QED) is 0.450. The van der Waals surface area contributed by atoms with E-state index in [1.54, 1.807) is 19.1 Å². The Bertz CT molecular complexity index is 600. The first kappa shape index (κ1) is 18.1. The van der Waals surface area contributed by atoms with Crippen molar-refractivity contribution in [2.24, 2.45) is 0 Å². The summed E-state index contributed by atoms with van der Waals surface area (Å²) in [7, 11) is 0. The first-order chi connectivity index (χ1) is 10.9. The van der Waals surface area contributed by atoms with Gasteiger partial charge in [0.05, 0.1) is 4.92 Å². The summed E-state index contributed by atoms with van der Waals surface area (Å²) in [6, 6.07) is 4.43. The van der Waals surface area contributed by atoms with Gasteiger partial charge in [0.25, 0.3) is 11.6 Å². The molecule has 1 atom stereocenters. The molecule has 0 radical (unpaired) electrons. The summed E-state index contributed by atoms with van der Waals surface area (Å²) in [6.07, 6.45) is 3.18. The number of amides is 2. The molecular weight excluding hydrogens is 298 g/mol. The van der Waals surface area contributed by atoms with Crippen molar-refractivity contribution in [1.82, 2.24) is 10.2 Å². The van der Waals surface area contributed by atoms with E-state index in [2.05, 4.69) is 18.5 Å². The van der Waals surface area contributed by atoms with Crippen molar-refractivity contribution in [2.75, 3.05) is 13.1 Å². The molecule has 1 rings (SSSR count). The molecule has 0 spiro atoms. The van der Waals surface area contributed by atoms with Gasteiger partial charge in [-0.25, -0.2) is 0 Å². The number of non-ortho nitro benzene ring substituents is 1. The highest BCUT2D eigenvalue weighted by atomic mass is 16.6. The fourth-order valence-corrected chi connectivity index (χ4v) is 1.92. The third-order valence-corrected chi connectivity index (χ3v) is 3.07. The van der Waals surface area contributed by atoms with Crippen LogP contribution in [0, 0.1) is 10.1 Å². The van der Waals surface area contributed by atoms with E-state index in [4.69, 9.17) is 0 Å². The maximum Gasteiger partial charge on any atom is 0.269 e. The van der Waals surface area contributed by atoms with Gasteiger partial charge in [0.1, 0.15) is 6.04 Å². The first-order valence-corrected chi connectivity index (χ1v) is 6.96. The van der Waals surface area contributed by atoms with E-state index < -0.39 is 16.9 Å². The Balaban J connectivity index is 2.74. The second-order valence-corrected chi connectivity index (χ2v) is 4.82. The zero-order valence-electron chi connectivity index (χ0n) is 12.9. The van der Waals surface area contributed by atoms with Crippen molar-refractivity contribution < 1.29 is 14.5 Å². The molecule has 23 heavy (non-hydrogen) atoms. The van der Waals surface area contributed by atoms with Crippen LogP contribution >= 0.6 is 0 Å². The summed E-state index contributed by atoms with van der Waals surface area (Å²) in [5.74, 6) is -0.738. The first-order valence-electron chi connectivity index (χ1n) is 6.96. The molecule has 0 aliphatic rings. The highest BCUT2D eigenvalue weighted by Gasteiger charge is 2.21. The SMILES string of the molecule is C=CCN(CC=C)C(=O)C(C)NC(=O)c1ccc([N+](=O)[O-])cc1. The predicted molar refractivity (Wildman–Crippen MR) is 87.0 cm³/mol. The summed E-state index contributed by atoms with van der Waals surface area (Å²) < 4.78 is 0. The second kappa shape index (κ2) is 8.47. The number of carbonyl (C=O) groups excluding carboxylic acids is 2. The molecule has 1 unspecified atom stereocenters. The molecule has 0 saturated heterocycles. The fraction of sp³-hybridized carbons (Fsp3) is 0.250. The van der Waals surface area contributed by atoms with Crippen molar-refractivity contribution in [3.05, 3.63) is 65.3 Å². The third-order valence-electron chi connectivity index (χ3n) is 3.07. The average Bonchev–Trinajstić information content (AvgIpc) is 2.53. The molecule has 2 amide bonds.